The van der Waals surface area contributed by atoms with Crippen molar-refractivity contribution in [2.45, 2.75) is 0 Å². The summed E-state index contributed by atoms with van der Waals surface area (Å²) < 4.78 is 5.34. The quantitative estimate of drug-likeness (QED) is 0.692. The topological polar surface area (TPSA) is 114 Å². The van der Waals surface area contributed by atoms with Crippen molar-refractivity contribution < 1.29 is 9.21 Å². The molecule has 2 aromatic heterocycles. The Morgan fingerprint density at radius 2 is 2.19 bits per heavy atom. The van der Waals surface area contributed by atoms with Gasteiger partial charge >= 0.3 is 0 Å². The fourth-order valence-electron chi connectivity index (χ4n) is 1.74. The second kappa shape index (κ2) is 5.37. The molecule has 0 aliphatic rings. The zero-order valence-electron chi connectivity index (χ0n) is 10.6. The molecule has 2 heterocycles. The zero-order valence-corrected chi connectivity index (χ0v) is 10.6. The number of hydrogen-bond acceptors (Lipinski definition) is 6. The van der Waals surface area contributed by atoms with Crippen molar-refractivity contribution in [3.63, 3.8) is 0 Å². The number of fused-ring (bicyclic) bond motifs is 1. The Bertz CT molecular complexity index is 867. The number of benzene rings is 1. The minimum absolute atomic E-state index is 0.0511. The Morgan fingerprint density at radius 3 is 3.00 bits per heavy atom. The number of amides is 1. The number of carbonyl (C=O) groups is 1. The molecule has 104 valence electrons. The summed E-state index contributed by atoms with van der Waals surface area (Å²) in [6.07, 6.45) is 3.87. The van der Waals surface area contributed by atoms with Gasteiger partial charge in [-0.15, -0.1) is 5.10 Å². The second-order valence-electron chi connectivity index (χ2n) is 4.07. The third-order valence-corrected chi connectivity index (χ3v) is 2.70. The number of rotatable bonds is 3. The molecule has 0 aliphatic heterocycles. The summed E-state index contributed by atoms with van der Waals surface area (Å²) in [6, 6.07) is 6.89. The fourth-order valence-corrected chi connectivity index (χ4v) is 1.74. The highest BCUT2D eigenvalue weighted by molar-refractivity contribution is 6.00. The number of H-pyrrole nitrogens is 1. The Hall–Kier alpha value is -3.29. The molecule has 1 aromatic carbocycles. The molecule has 8 nitrogen and oxygen atoms in total. The van der Waals surface area contributed by atoms with Gasteiger partial charge in [-0.1, -0.05) is 17.2 Å². The normalized spacial score (nSPS) is 11.0. The molecule has 0 radical (unpaired) electrons. The number of aromatic amines is 1. The van der Waals surface area contributed by atoms with Crippen molar-refractivity contribution in [3.05, 3.63) is 52.4 Å². The van der Waals surface area contributed by atoms with Gasteiger partial charge in [-0.05, 0) is 23.4 Å². The smallest absolute Gasteiger partial charge is 0.270 e. The van der Waals surface area contributed by atoms with E-state index in [1.807, 2.05) is 0 Å². The second-order valence-corrected chi connectivity index (χ2v) is 4.07. The van der Waals surface area contributed by atoms with Crippen LogP contribution in [-0.2, 0) is 4.79 Å². The van der Waals surface area contributed by atoms with E-state index in [9.17, 15) is 9.59 Å². The summed E-state index contributed by atoms with van der Waals surface area (Å²) in [5.74, 6) is -0.431. The summed E-state index contributed by atoms with van der Waals surface area (Å²) in [4.78, 5) is 23.8. The van der Waals surface area contributed by atoms with Gasteiger partial charge in [0.15, 0.2) is 5.43 Å². The van der Waals surface area contributed by atoms with Gasteiger partial charge in [-0.25, -0.2) is 0 Å². The minimum Gasteiger partial charge on any atom is -0.463 e. The van der Waals surface area contributed by atoms with Gasteiger partial charge in [0.2, 0.25) is 0 Å². The average Bonchev–Trinajstić information content (AvgIpc) is 3.00. The molecule has 0 aliphatic carbocycles. The van der Waals surface area contributed by atoms with Crippen LogP contribution in [0.15, 0.2) is 45.8 Å². The van der Waals surface area contributed by atoms with Crippen LogP contribution in [0.25, 0.3) is 17.0 Å². The summed E-state index contributed by atoms with van der Waals surface area (Å²) in [6.45, 7) is 0. The third-order valence-electron chi connectivity index (χ3n) is 2.70. The Balaban J connectivity index is 1.84. The number of nitrogens with zero attached hydrogens (tertiary/aromatic N) is 3. The number of carbonyl (C=O) groups excluding carboxylic acids is 1. The molecule has 0 atom stereocenters. The van der Waals surface area contributed by atoms with E-state index < -0.39 is 5.91 Å². The molecule has 0 spiro atoms. The van der Waals surface area contributed by atoms with E-state index >= 15 is 0 Å². The molecule has 0 fully saturated rings. The SMILES string of the molecule is O=C(/C=C/c1coc2ccccc2c1=O)Nc1nn[nH]n1. The molecule has 0 unspecified atom stereocenters. The first-order valence-electron chi connectivity index (χ1n) is 5.97. The average molecular weight is 283 g/mol. The van der Waals surface area contributed by atoms with Gasteiger partial charge < -0.3 is 4.42 Å². The van der Waals surface area contributed by atoms with Crippen LogP contribution in [0, 0.1) is 0 Å². The number of tetrazole rings is 1. The number of nitrogens with one attached hydrogen (secondary N) is 2. The highest BCUT2D eigenvalue weighted by Gasteiger charge is 2.05. The Labute approximate surface area is 117 Å². The molecule has 1 amide bonds. The summed E-state index contributed by atoms with van der Waals surface area (Å²) in [5.41, 5.74) is 0.563. The molecule has 2 N–H and O–H groups in total. The van der Waals surface area contributed by atoms with E-state index in [4.69, 9.17) is 4.42 Å². The van der Waals surface area contributed by atoms with E-state index in [1.54, 1.807) is 24.3 Å². The highest BCUT2D eigenvalue weighted by Crippen LogP contribution is 2.11. The van der Waals surface area contributed by atoms with E-state index in [0.29, 0.717) is 11.0 Å². The first-order chi connectivity index (χ1) is 10.2. The maximum absolute atomic E-state index is 12.2. The van der Waals surface area contributed by atoms with Crippen molar-refractivity contribution in [3.8, 4) is 0 Å². The lowest BCUT2D eigenvalue weighted by molar-refractivity contribution is -0.111. The predicted octanol–water partition coefficient (Wildman–Crippen LogP) is 0.958. The van der Waals surface area contributed by atoms with Gasteiger partial charge in [-0.3, -0.25) is 14.9 Å². The number of aromatic nitrogens is 4. The zero-order chi connectivity index (χ0) is 14.7. The lowest BCUT2D eigenvalue weighted by Crippen LogP contribution is -2.10. The standard InChI is InChI=1S/C13H9N5O3/c19-11(14-13-15-17-18-16-13)6-5-8-7-21-10-4-2-1-3-9(10)12(8)20/h1-7H,(H2,14,15,16,17,18,19)/b6-5+. The van der Waals surface area contributed by atoms with Crippen LogP contribution in [0.1, 0.15) is 5.56 Å². The van der Waals surface area contributed by atoms with Crippen LogP contribution in [0.2, 0.25) is 0 Å². The third kappa shape index (κ3) is 2.68. The molecule has 3 aromatic rings. The van der Waals surface area contributed by atoms with Crippen molar-refractivity contribution in [1.29, 1.82) is 0 Å². The van der Waals surface area contributed by atoms with Gasteiger partial charge in [0.1, 0.15) is 11.8 Å². The van der Waals surface area contributed by atoms with E-state index in [1.165, 1.54) is 18.4 Å². The number of hydrogen-bond donors (Lipinski definition) is 2. The van der Waals surface area contributed by atoms with Crippen molar-refractivity contribution in [2.24, 2.45) is 0 Å². The molecule has 0 bridgehead atoms. The van der Waals surface area contributed by atoms with Crippen molar-refractivity contribution in [1.82, 2.24) is 20.6 Å². The lowest BCUT2D eigenvalue weighted by atomic mass is 10.1. The van der Waals surface area contributed by atoms with E-state index in [-0.39, 0.29) is 16.9 Å². The predicted molar refractivity (Wildman–Crippen MR) is 74.3 cm³/mol. The Morgan fingerprint density at radius 1 is 1.33 bits per heavy atom. The van der Waals surface area contributed by atoms with Crippen LogP contribution >= 0.6 is 0 Å². The molecule has 8 heteroatoms. The molecule has 0 saturated heterocycles. The largest absolute Gasteiger partial charge is 0.463 e. The highest BCUT2D eigenvalue weighted by atomic mass is 16.3. The van der Waals surface area contributed by atoms with E-state index in [2.05, 4.69) is 25.9 Å². The number of anilines is 1. The van der Waals surface area contributed by atoms with Crippen molar-refractivity contribution >= 4 is 28.9 Å². The summed E-state index contributed by atoms with van der Waals surface area (Å²) >= 11 is 0. The monoisotopic (exact) mass is 283 g/mol. The Kier molecular flexibility index (Phi) is 3.26. The van der Waals surface area contributed by atoms with Gasteiger partial charge in [0, 0.05) is 6.08 Å². The maximum Gasteiger partial charge on any atom is 0.270 e. The lowest BCUT2D eigenvalue weighted by Gasteiger charge is -1.97. The van der Waals surface area contributed by atoms with Crippen LogP contribution in [-0.4, -0.2) is 26.5 Å². The summed E-state index contributed by atoms with van der Waals surface area (Å²) in [7, 11) is 0. The minimum atomic E-state index is -0.482. The molecule has 3 rings (SSSR count). The van der Waals surface area contributed by atoms with Gasteiger partial charge in [-0.2, -0.15) is 5.21 Å². The van der Waals surface area contributed by atoms with Crippen LogP contribution < -0.4 is 10.7 Å². The van der Waals surface area contributed by atoms with E-state index in [0.717, 1.165) is 0 Å². The first-order valence-corrected chi connectivity index (χ1v) is 5.97. The molecular weight excluding hydrogens is 274 g/mol. The molecular formula is C13H9N5O3. The maximum atomic E-state index is 12.2. The fraction of sp³-hybridized carbons (Fsp3) is 0. The van der Waals surface area contributed by atoms with Gasteiger partial charge in [0.25, 0.3) is 11.9 Å². The molecule has 0 saturated carbocycles. The molecule has 21 heavy (non-hydrogen) atoms. The van der Waals surface area contributed by atoms with Crippen LogP contribution in [0.5, 0.6) is 0 Å². The number of para-hydroxylation sites is 1. The van der Waals surface area contributed by atoms with Crippen LogP contribution in [0.4, 0.5) is 5.95 Å². The summed E-state index contributed by atoms with van der Waals surface area (Å²) in [5, 5.41) is 15.5. The first kappa shape index (κ1) is 12.7. The van der Waals surface area contributed by atoms with Crippen LogP contribution in [0.3, 0.4) is 0 Å². The van der Waals surface area contributed by atoms with Crippen molar-refractivity contribution in [2.75, 3.05) is 5.32 Å². The van der Waals surface area contributed by atoms with Gasteiger partial charge in [0.05, 0.1) is 10.9 Å².